The van der Waals surface area contributed by atoms with Gasteiger partial charge in [-0.3, -0.25) is 4.79 Å². The normalized spacial score (nSPS) is 15.8. The van der Waals surface area contributed by atoms with Gasteiger partial charge in [0.1, 0.15) is 0 Å². The van der Waals surface area contributed by atoms with Crippen LogP contribution in [-0.4, -0.2) is 17.6 Å². The van der Waals surface area contributed by atoms with Crippen molar-refractivity contribution in [3.05, 3.63) is 0 Å². The fourth-order valence-corrected chi connectivity index (χ4v) is 1.20. The highest BCUT2D eigenvalue weighted by Gasteiger charge is 2.30. The summed E-state index contributed by atoms with van der Waals surface area (Å²) in [7, 11) is 0. The summed E-state index contributed by atoms with van der Waals surface area (Å²) in [6.45, 7) is 6.22. The van der Waals surface area contributed by atoms with Crippen LogP contribution in [0.5, 0.6) is 0 Å². The minimum absolute atomic E-state index is 0.223. The van der Waals surface area contributed by atoms with Crippen LogP contribution < -0.4 is 5.73 Å². The smallest absolute Gasteiger partial charge is 0.310 e. The molecular formula is C10H21NO2. The van der Waals surface area contributed by atoms with Crippen LogP contribution in [0.2, 0.25) is 0 Å². The van der Waals surface area contributed by atoms with E-state index in [1.165, 1.54) is 0 Å². The second-order valence-electron chi connectivity index (χ2n) is 4.36. The van der Waals surface area contributed by atoms with Crippen LogP contribution in [0.3, 0.4) is 0 Å². The first-order chi connectivity index (χ1) is 5.92. The van der Waals surface area contributed by atoms with E-state index < -0.39 is 11.4 Å². The van der Waals surface area contributed by atoms with E-state index in [9.17, 15) is 4.79 Å². The third-order valence-corrected chi connectivity index (χ3v) is 2.48. The number of aliphatic carboxylic acids is 1. The number of nitrogens with two attached hydrogens (primary N) is 1. The van der Waals surface area contributed by atoms with E-state index in [2.05, 4.69) is 13.8 Å². The summed E-state index contributed by atoms with van der Waals surface area (Å²) >= 11 is 0. The largest absolute Gasteiger partial charge is 0.481 e. The van der Waals surface area contributed by atoms with Gasteiger partial charge in [0.15, 0.2) is 0 Å². The summed E-state index contributed by atoms with van der Waals surface area (Å²) in [5.41, 5.74) is 4.72. The summed E-state index contributed by atoms with van der Waals surface area (Å²) in [5.74, 6) is -0.144. The summed E-state index contributed by atoms with van der Waals surface area (Å²) in [5, 5.41) is 8.92. The van der Waals surface area contributed by atoms with Crippen LogP contribution >= 0.6 is 0 Å². The molecular weight excluding hydrogens is 166 g/mol. The summed E-state index contributed by atoms with van der Waals surface area (Å²) in [6.07, 6.45) is 2.69. The molecule has 0 aliphatic carbocycles. The van der Waals surface area contributed by atoms with Crippen LogP contribution in [-0.2, 0) is 4.79 Å². The Hall–Kier alpha value is -0.570. The van der Waals surface area contributed by atoms with E-state index in [0.29, 0.717) is 12.3 Å². The van der Waals surface area contributed by atoms with Crippen molar-refractivity contribution in [1.82, 2.24) is 0 Å². The van der Waals surface area contributed by atoms with E-state index in [1.54, 1.807) is 6.92 Å². The molecule has 0 aliphatic heterocycles. The van der Waals surface area contributed by atoms with E-state index >= 15 is 0 Å². The molecule has 1 unspecified atom stereocenters. The Morgan fingerprint density at radius 1 is 1.54 bits per heavy atom. The molecule has 3 nitrogen and oxygen atoms in total. The number of carboxylic acids is 1. The minimum atomic E-state index is -0.779. The molecule has 3 N–H and O–H groups in total. The zero-order chi connectivity index (χ0) is 10.5. The lowest BCUT2D eigenvalue weighted by molar-refractivity contribution is -0.147. The van der Waals surface area contributed by atoms with Crippen LogP contribution in [0.15, 0.2) is 0 Å². The quantitative estimate of drug-likeness (QED) is 0.667. The second-order valence-corrected chi connectivity index (χ2v) is 4.36. The average molecular weight is 187 g/mol. The lowest BCUT2D eigenvalue weighted by Gasteiger charge is -2.22. The van der Waals surface area contributed by atoms with Gasteiger partial charge in [-0.05, 0) is 19.3 Å². The SMILES string of the molecule is CC(C)CCCC(C)(CN)C(=O)O. The molecule has 78 valence electrons. The maximum atomic E-state index is 10.8. The number of carbonyl (C=O) groups is 1. The second kappa shape index (κ2) is 5.22. The Kier molecular flexibility index (Phi) is 4.99. The molecule has 0 aromatic heterocycles. The summed E-state index contributed by atoms with van der Waals surface area (Å²) in [4.78, 5) is 10.8. The monoisotopic (exact) mass is 187 g/mol. The molecule has 0 amide bonds. The number of hydrogen-bond donors (Lipinski definition) is 2. The molecule has 1 atom stereocenters. The van der Waals surface area contributed by atoms with Gasteiger partial charge in [-0.25, -0.2) is 0 Å². The molecule has 3 heteroatoms. The first-order valence-electron chi connectivity index (χ1n) is 4.86. The lowest BCUT2D eigenvalue weighted by Crippen LogP contribution is -2.35. The number of hydrogen-bond acceptors (Lipinski definition) is 2. The lowest BCUT2D eigenvalue weighted by atomic mass is 9.84. The standard InChI is InChI=1S/C10H21NO2/c1-8(2)5-4-6-10(3,7-11)9(12)13/h8H,4-7,11H2,1-3H3,(H,12,13). The summed E-state index contributed by atoms with van der Waals surface area (Å²) < 4.78 is 0. The molecule has 0 radical (unpaired) electrons. The Labute approximate surface area is 80.3 Å². The van der Waals surface area contributed by atoms with Gasteiger partial charge in [-0.2, -0.15) is 0 Å². The van der Waals surface area contributed by atoms with Gasteiger partial charge >= 0.3 is 5.97 Å². The predicted molar refractivity (Wildman–Crippen MR) is 53.5 cm³/mol. The van der Waals surface area contributed by atoms with Crippen LogP contribution in [0.1, 0.15) is 40.0 Å². The van der Waals surface area contributed by atoms with E-state index in [-0.39, 0.29) is 6.54 Å². The Morgan fingerprint density at radius 3 is 2.38 bits per heavy atom. The van der Waals surface area contributed by atoms with Crippen molar-refractivity contribution >= 4 is 5.97 Å². The molecule has 0 fully saturated rings. The number of rotatable bonds is 6. The van der Waals surface area contributed by atoms with Crippen LogP contribution in [0.25, 0.3) is 0 Å². The van der Waals surface area contributed by atoms with Crippen molar-refractivity contribution in [3.8, 4) is 0 Å². The van der Waals surface area contributed by atoms with Crippen molar-refractivity contribution in [2.24, 2.45) is 17.1 Å². The highest BCUT2D eigenvalue weighted by molar-refractivity contribution is 5.74. The molecule has 0 aromatic rings. The molecule has 0 rings (SSSR count). The predicted octanol–water partition coefficient (Wildman–Crippen LogP) is 1.86. The van der Waals surface area contributed by atoms with Crippen LogP contribution in [0, 0.1) is 11.3 Å². The molecule has 0 bridgehead atoms. The van der Waals surface area contributed by atoms with Gasteiger partial charge in [0.25, 0.3) is 0 Å². The molecule has 13 heavy (non-hydrogen) atoms. The molecule has 0 spiro atoms. The maximum absolute atomic E-state index is 10.8. The van der Waals surface area contributed by atoms with Crippen LogP contribution in [0.4, 0.5) is 0 Å². The van der Waals surface area contributed by atoms with E-state index in [4.69, 9.17) is 10.8 Å². The van der Waals surface area contributed by atoms with Crippen molar-refractivity contribution in [3.63, 3.8) is 0 Å². The van der Waals surface area contributed by atoms with Crippen molar-refractivity contribution in [2.75, 3.05) is 6.54 Å². The Morgan fingerprint density at radius 2 is 2.08 bits per heavy atom. The fraction of sp³-hybridized carbons (Fsp3) is 0.900. The highest BCUT2D eigenvalue weighted by atomic mass is 16.4. The van der Waals surface area contributed by atoms with E-state index in [1.807, 2.05) is 0 Å². The minimum Gasteiger partial charge on any atom is -0.481 e. The van der Waals surface area contributed by atoms with Crippen molar-refractivity contribution < 1.29 is 9.90 Å². The van der Waals surface area contributed by atoms with Crippen molar-refractivity contribution in [1.29, 1.82) is 0 Å². The zero-order valence-corrected chi connectivity index (χ0v) is 8.84. The van der Waals surface area contributed by atoms with E-state index in [0.717, 1.165) is 12.8 Å². The fourth-order valence-electron chi connectivity index (χ4n) is 1.20. The van der Waals surface area contributed by atoms with Gasteiger partial charge in [0.05, 0.1) is 5.41 Å². The van der Waals surface area contributed by atoms with Gasteiger partial charge in [0.2, 0.25) is 0 Å². The average Bonchev–Trinajstić information content (AvgIpc) is 2.03. The first kappa shape index (κ1) is 12.4. The van der Waals surface area contributed by atoms with Gasteiger partial charge < -0.3 is 10.8 Å². The number of carboxylic acid groups (broad SMARTS) is 1. The Balaban J connectivity index is 3.92. The first-order valence-corrected chi connectivity index (χ1v) is 4.86. The van der Waals surface area contributed by atoms with Gasteiger partial charge in [-0.1, -0.05) is 26.7 Å². The molecule has 0 saturated heterocycles. The van der Waals surface area contributed by atoms with Gasteiger partial charge in [0, 0.05) is 6.54 Å². The maximum Gasteiger partial charge on any atom is 0.310 e. The molecule has 0 heterocycles. The van der Waals surface area contributed by atoms with Gasteiger partial charge in [-0.15, -0.1) is 0 Å². The topological polar surface area (TPSA) is 63.3 Å². The third-order valence-electron chi connectivity index (χ3n) is 2.48. The molecule has 0 aliphatic rings. The highest BCUT2D eigenvalue weighted by Crippen LogP contribution is 2.24. The zero-order valence-electron chi connectivity index (χ0n) is 8.84. The molecule has 0 aromatic carbocycles. The third kappa shape index (κ3) is 4.27. The molecule has 0 saturated carbocycles. The van der Waals surface area contributed by atoms with Crippen molar-refractivity contribution in [2.45, 2.75) is 40.0 Å². The summed E-state index contributed by atoms with van der Waals surface area (Å²) in [6, 6.07) is 0. The Bertz CT molecular complexity index is 168.